The molecule has 5 heteroatoms. The van der Waals surface area contributed by atoms with Crippen LogP contribution in [-0.4, -0.2) is 23.7 Å². The number of nitrogens with one attached hydrogen (secondary N) is 1. The molecule has 1 atom stereocenters. The lowest BCUT2D eigenvalue weighted by Gasteiger charge is -2.27. The Balaban J connectivity index is 2.28. The van der Waals surface area contributed by atoms with Crippen molar-refractivity contribution >= 4 is 33.6 Å². The van der Waals surface area contributed by atoms with Crippen molar-refractivity contribution in [2.75, 3.05) is 12.3 Å². The zero-order valence-corrected chi connectivity index (χ0v) is 15.2. The highest BCUT2D eigenvalue weighted by Gasteiger charge is 2.29. The quantitative estimate of drug-likeness (QED) is 0.482. The van der Waals surface area contributed by atoms with E-state index in [9.17, 15) is 4.79 Å². The summed E-state index contributed by atoms with van der Waals surface area (Å²) in [5.74, 6) is 0.807. The predicted molar refractivity (Wildman–Crippen MR) is 94.6 cm³/mol. The van der Waals surface area contributed by atoms with E-state index in [0.29, 0.717) is 0 Å². The fourth-order valence-electron chi connectivity index (χ4n) is 2.00. The van der Waals surface area contributed by atoms with Crippen LogP contribution in [0.15, 0.2) is 33.6 Å². The zero-order valence-electron chi connectivity index (χ0n) is 12.8. The number of carbonyl (C=O) groups excluding carboxylic acids is 1. The molecular formula is C16H25BrN2OS. The van der Waals surface area contributed by atoms with E-state index in [1.54, 1.807) is 0 Å². The first-order valence-electron chi connectivity index (χ1n) is 7.41. The van der Waals surface area contributed by atoms with Gasteiger partial charge in [-0.25, -0.2) is 0 Å². The standard InChI is InChI=1S/C16H25BrN2OS/c1-3-11-19-16(2,15(18)20)10-4-5-12-21-14-8-6-13(17)7-9-14/h6-9,19H,3-5,10-12H2,1-2H3,(H2,18,20). The minimum atomic E-state index is -0.571. The first-order valence-corrected chi connectivity index (χ1v) is 9.19. The van der Waals surface area contributed by atoms with Crippen LogP contribution in [0.2, 0.25) is 0 Å². The largest absolute Gasteiger partial charge is 0.368 e. The predicted octanol–water partition coefficient (Wildman–Crippen LogP) is 3.96. The molecule has 0 saturated heterocycles. The van der Waals surface area contributed by atoms with E-state index in [1.807, 2.05) is 18.7 Å². The van der Waals surface area contributed by atoms with Gasteiger partial charge in [0.25, 0.3) is 0 Å². The lowest BCUT2D eigenvalue weighted by molar-refractivity contribution is -0.124. The molecule has 21 heavy (non-hydrogen) atoms. The maximum absolute atomic E-state index is 11.6. The summed E-state index contributed by atoms with van der Waals surface area (Å²) in [5.41, 5.74) is 4.95. The van der Waals surface area contributed by atoms with E-state index >= 15 is 0 Å². The summed E-state index contributed by atoms with van der Waals surface area (Å²) < 4.78 is 1.10. The highest BCUT2D eigenvalue weighted by atomic mass is 79.9. The molecule has 118 valence electrons. The molecule has 3 N–H and O–H groups in total. The Morgan fingerprint density at radius 1 is 1.33 bits per heavy atom. The third-order valence-corrected chi connectivity index (χ3v) is 5.09. The minimum Gasteiger partial charge on any atom is -0.368 e. The van der Waals surface area contributed by atoms with Gasteiger partial charge in [0.1, 0.15) is 0 Å². The summed E-state index contributed by atoms with van der Waals surface area (Å²) in [6, 6.07) is 8.35. The van der Waals surface area contributed by atoms with Gasteiger partial charge in [-0.1, -0.05) is 29.3 Å². The second kappa shape index (κ2) is 9.49. The molecule has 0 spiro atoms. The average Bonchev–Trinajstić information content (AvgIpc) is 2.46. The van der Waals surface area contributed by atoms with Crippen molar-refractivity contribution < 1.29 is 4.79 Å². The van der Waals surface area contributed by atoms with Crippen LogP contribution in [0.1, 0.15) is 39.5 Å². The Bertz CT molecular complexity index is 438. The van der Waals surface area contributed by atoms with Gasteiger partial charge in [-0.2, -0.15) is 0 Å². The second-order valence-corrected chi connectivity index (χ2v) is 7.47. The van der Waals surface area contributed by atoms with E-state index in [0.717, 1.165) is 42.5 Å². The Labute approximate surface area is 140 Å². The smallest absolute Gasteiger partial charge is 0.237 e. The number of halogens is 1. The lowest BCUT2D eigenvalue weighted by Crippen LogP contribution is -2.53. The van der Waals surface area contributed by atoms with Crippen molar-refractivity contribution in [3.63, 3.8) is 0 Å². The number of carbonyl (C=O) groups is 1. The van der Waals surface area contributed by atoms with Crippen LogP contribution in [0.25, 0.3) is 0 Å². The van der Waals surface area contributed by atoms with Crippen molar-refractivity contribution in [1.29, 1.82) is 0 Å². The van der Waals surface area contributed by atoms with Gasteiger partial charge >= 0.3 is 0 Å². The van der Waals surface area contributed by atoms with Gasteiger partial charge in [0, 0.05) is 9.37 Å². The molecule has 1 amide bonds. The van der Waals surface area contributed by atoms with Gasteiger partial charge in [-0.3, -0.25) is 4.79 Å². The van der Waals surface area contributed by atoms with Gasteiger partial charge in [0.2, 0.25) is 5.91 Å². The molecular weight excluding hydrogens is 348 g/mol. The molecule has 1 unspecified atom stereocenters. The maximum Gasteiger partial charge on any atom is 0.237 e. The molecule has 0 bridgehead atoms. The molecule has 1 rings (SSSR count). The molecule has 0 aliphatic heterocycles. The van der Waals surface area contributed by atoms with Gasteiger partial charge in [0.15, 0.2) is 0 Å². The number of primary amides is 1. The zero-order chi connectivity index (χ0) is 15.7. The van der Waals surface area contributed by atoms with Gasteiger partial charge < -0.3 is 11.1 Å². The summed E-state index contributed by atoms with van der Waals surface area (Å²) in [6.07, 6.45) is 3.88. The number of unbranched alkanes of at least 4 members (excludes halogenated alkanes) is 1. The first kappa shape index (κ1) is 18.5. The van der Waals surface area contributed by atoms with Crippen LogP contribution in [-0.2, 0) is 4.79 Å². The number of rotatable bonds is 10. The normalized spacial score (nSPS) is 13.9. The van der Waals surface area contributed by atoms with Crippen LogP contribution in [0, 0.1) is 0 Å². The number of hydrogen-bond donors (Lipinski definition) is 2. The maximum atomic E-state index is 11.6. The van der Waals surface area contributed by atoms with Crippen LogP contribution < -0.4 is 11.1 Å². The topological polar surface area (TPSA) is 55.1 Å². The van der Waals surface area contributed by atoms with E-state index in [4.69, 9.17) is 5.73 Å². The summed E-state index contributed by atoms with van der Waals surface area (Å²) in [5, 5.41) is 3.27. The van der Waals surface area contributed by atoms with Crippen LogP contribution >= 0.6 is 27.7 Å². The SMILES string of the molecule is CCCNC(C)(CCCCSc1ccc(Br)cc1)C(N)=O. The summed E-state index contributed by atoms with van der Waals surface area (Å²) in [7, 11) is 0. The third kappa shape index (κ3) is 6.85. The third-order valence-electron chi connectivity index (χ3n) is 3.46. The summed E-state index contributed by atoms with van der Waals surface area (Å²) in [6.45, 7) is 4.82. The fraction of sp³-hybridized carbons (Fsp3) is 0.562. The van der Waals surface area contributed by atoms with Crippen LogP contribution in [0.4, 0.5) is 0 Å². The number of nitrogens with two attached hydrogens (primary N) is 1. The van der Waals surface area contributed by atoms with Crippen molar-refractivity contribution in [2.45, 2.75) is 50.0 Å². The van der Waals surface area contributed by atoms with Crippen molar-refractivity contribution in [1.82, 2.24) is 5.32 Å². The Hall–Kier alpha value is -0.520. The Morgan fingerprint density at radius 3 is 2.57 bits per heavy atom. The van der Waals surface area contributed by atoms with Crippen molar-refractivity contribution in [2.24, 2.45) is 5.73 Å². The van der Waals surface area contributed by atoms with Gasteiger partial charge in [-0.15, -0.1) is 11.8 Å². The molecule has 0 aliphatic carbocycles. The monoisotopic (exact) mass is 372 g/mol. The second-order valence-electron chi connectivity index (χ2n) is 5.38. The number of hydrogen-bond acceptors (Lipinski definition) is 3. The van der Waals surface area contributed by atoms with Gasteiger partial charge in [0.05, 0.1) is 5.54 Å². The van der Waals surface area contributed by atoms with E-state index < -0.39 is 5.54 Å². The number of amides is 1. The van der Waals surface area contributed by atoms with Gasteiger partial charge in [-0.05, 0) is 62.7 Å². The molecule has 1 aromatic carbocycles. The van der Waals surface area contributed by atoms with Crippen molar-refractivity contribution in [3.05, 3.63) is 28.7 Å². The van der Waals surface area contributed by atoms with Crippen LogP contribution in [0.3, 0.4) is 0 Å². The minimum absolute atomic E-state index is 0.253. The molecule has 3 nitrogen and oxygen atoms in total. The summed E-state index contributed by atoms with van der Waals surface area (Å²) >= 11 is 5.28. The highest BCUT2D eigenvalue weighted by Crippen LogP contribution is 2.23. The lowest BCUT2D eigenvalue weighted by atomic mass is 9.94. The molecule has 0 radical (unpaired) electrons. The van der Waals surface area contributed by atoms with Crippen molar-refractivity contribution in [3.8, 4) is 0 Å². The molecule has 0 aliphatic rings. The van der Waals surface area contributed by atoms with E-state index in [-0.39, 0.29) is 5.91 Å². The number of benzene rings is 1. The Morgan fingerprint density at radius 2 is 2.00 bits per heavy atom. The average molecular weight is 373 g/mol. The number of thioether (sulfide) groups is 1. The van der Waals surface area contributed by atoms with E-state index in [1.165, 1.54) is 4.90 Å². The van der Waals surface area contributed by atoms with Crippen LogP contribution in [0.5, 0.6) is 0 Å². The molecule has 0 heterocycles. The molecule has 0 fully saturated rings. The molecule has 0 aromatic heterocycles. The summed E-state index contributed by atoms with van der Waals surface area (Å²) in [4.78, 5) is 12.9. The fourth-order valence-corrected chi connectivity index (χ4v) is 3.18. The molecule has 0 saturated carbocycles. The molecule has 1 aromatic rings. The van der Waals surface area contributed by atoms with E-state index in [2.05, 4.69) is 52.4 Å². The highest BCUT2D eigenvalue weighted by molar-refractivity contribution is 9.10. The first-order chi connectivity index (χ1) is 9.98. The Kier molecular flexibility index (Phi) is 8.37.